The highest BCUT2D eigenvalue weighted by atomic mass is 16.5. The third-order valence-electron chi connectivity index (χ3n) is 6.55. The van der Waals surface area contributed by atoms with Gasteiger partial charge < -0.3 is 4.74 Å². The Labute approximate surface area is 106 Å². The molecule has 17 heavy (non-hydrogen) atoms. The highest BCUT2D eigenvalue weighted by Crippen LogP contribution is 2.71. The summed E-state index contributed by atoms with van der Waals surface area (Å²) in [6.07, 6.45) is 8.17. The highest BCUT2D eigenvalue weighted by molar-refractivity contribution is 5.26. The molecule has 5 atom stereocenters. The van der Waals surface area contributed by atoms with Gasteiger partial charge in [0.1, 0.15) is 0 Å². The second-order valence-electron chi connectivity index (χ2n) is 7.11. The maximum atomic E-state index is 5.60. The topological polar surface area (TPSA) is 9.23 Å². The smallest absolute Gasteiger partial charge is 0.0524 e. The van der Waals surface area contributed by atoms with Crippen molar-refractivity contribution < 1.29 is 4.74 Å². The van der Waals surface area contributed by atoms with Crippen LogP contribution in [0.5, 0.6) is 0 Å². The molecular formula is C16H26O. The molecule has 0 saturated heterocycles. The van der Waals surface area contributed by atoms with E-state index in [0.717, 1.165) is 24.4 Å². The first-order valence-corrected chi connectivity index (χ1v) is 7.20. The molecule has 1 nitrogen and oxygen atoms in total. The normalized spacial score (nSPS) is 52.5. The van der Waals surface area contributed by atoms with Gasteiger partial charge in [-0.05, 0) is 55.8 Å². The number of hydrogen-bond acceptors (Lipinski definition) is 1. The second-order valence-corrected chi connectivity index (χ2v) is 7.11. The fourth-order valence-corrected chi connectivity index (χ4v) is 5.63. The van der Waals surface area contributed by atoms with Crippen LogP contribution < -0.4 is 0 Å². The Hall–Kier alpha value is -0.300. The molecule has 3 rings (SSSR count). The first kappa shape index (κ1) is 11.8. The van der Waals surface area contributed by atoms with Gasteiger partial charge in [0.2, 0.25) is 0 Å². The van der Waals surface area contributed by atoms with Crippen molar-refractivity contribution in [3.63, 3.8) is 0 Å². The van der Waals surface area contributed by atoms with Crippen molar-refractivity contribution in [1.29, 1.82) is 0 Å². The standard InChI is InChI=1S/C16H26O/c1-11-7-8-16-9-13(11)15(3,10-17-4)14(16)6-5-12(16)2/h7,12-14H,5-6,8-10H2,1-4H3/t12?,13?,14-,15?,16?/m1/s1. The summed E-state index contributed by atoms with van der Waals surface area (Å²) in [5.41, 5.74) is 2.66. The quantitative estimate of drug-likeness (QED) is 0.655. The molecule has 4 unspecified atom stereocenters. The summed E-state index contributed by atoms with van der Waals surface area (Å²) in [7, 11) is 1.87. The molecule has 0 aromatic heterocycles. The predicted molar refractivity (Wildman–Crippen MR) is 70.8 cm³/mol. The number of allylic oxidation sites excluding steroid dienone is 2. The van der Waals surface area contributed by atoms with Crippen LogP contribution in [0.1, 0.15) is 46.5 Å². The van der Waals surface area contributed by atoms with Gasteiger partial charge in [0, 0.05) is 12.5 Å². The summed E-state index contributed by atoms with van der Waals surface area (Å²) < 4.78 is 5.60. The molecule has 2 bridgehead atoms. The second kappa shape index (κ2) is 3.60. The summed E-state index contributed by atoms with van der Waals surface area (Å²) in [4.78, 5) is 0. The van der Waals surface area contributed by atoms with Crippen molar-refractivity contribution >= 4 is 0 Å². The Bertz CT molecular complexity index is 359. The first-order chi connectivity index (χ1) is 8.04. The zero-order valence-corrected chi connectivity index (χ0v) is 11.8. The Kier molecular flexibility index (Phi) is 2.49. The van der Waals surface area contributed by atoms with Crippen LogP contribution in [-0.4, -0.2) is 13.7 Å². The average Bonchev–Trinajstić information content (AvgIpc) is 2.70. The monoisotopic (exact) mass is 234 g/mol. The zero-order valence-electron chi connectivity index (χ0n) is 11.8. The first-order valence-electron chi connectivity index (χ1n) is 7.20. The minimum Gasteiger partial charge on any atom is -0.384 e. The Morgan fingerprint density at radius 2 is 2.18 bits per heavy atom. The van der Waals surface area contributed by atoms with Crippen LogP contribution in [0.15, 0.2) is 11.6 Å². The van der Waals surface area contributed by atoms with E-state index in [1.54, 1.807) is 5.57 Å². The molecule has 2 fully saturated rings. The molecule has 0 aromatic rings. The number of methoxy groups -OCH3 is 1. The lowest BCUT2D eigenvalue weighted by Gasteiger charge is -2.38. The van der Waals surface area contributed by atoms with Crippen molar-refractivity contribution in [3.8, 4) is 0 Å². The van der Waals surface area contributed by atoms with Gasteiger partial charge >= 0.3 is 0 Å². The fourth-order valence-electron chi connectivity index (χ4n) is 5.63. The summed E-state index contributed by atoms with van der Waals surface area (Å²) in [5.74, 6) is 2.59. The van der Waals surface area contributed by atoms with E-state index < -0.39 is 0 Å². The van der Waals surface area contributed by atoms with E-state index in [-0.39, 0.29) is 0 Å². The minimum atomic E-state index is 0.399. The van der Waals surface area contributed by atoms with Crippen molar-refractivity contribution in [1.82, 2.24) is 0 Å². The maximum absolute atomic E-state index is 5.60. The molecule has 2 saturated carbocycles. The zero-order chi connectivity index (χ0) is 12.3. The van der Waals surface area contributed by atoms with E-state index in [9.17, 15) is 0 Å². The van der Waals surface area contributed by atoms with Crippen LogP contribution in [0.4, 0.5) is 0 Å². The van der Waals surface area contributed by atoms with Crippen molar-refractivity contribution in [2.24, 2.45) is 28.6 Å². The van der Waals surface area contributed by atoms with Gasteiger partial charge in [-0.2, -0.15) is 0 Å². The molecule has 1 spiro atoms. The molecule has 3 aliphatic rings. The Morgan fingerprint density at radius 1 is 1.41 bits per heavy atom. The lowest BCUT2D eigenvalue weighted by atomic mass is 9.68. The SMILES string of the molecule is COCC1(C)C2CC3(CC=C2C)C(C)CC[C@H]13. The fraction of sp³-hybridized carbons (Fsp3) is 0.875. The molecule has 0 heterocycles. The third-order valence-corrected chi connectivity index (χ3v) is 6.55. The summed E-state index contributed by atoms with van der Waals surface area (Å²) in [6, 6.07) is 0. The third kappa shape index (κ3) is 1.30. The van der Waals surface area contributed by atoms with Crippen LogP contribution in [-0.2, 0) is 4.74 Å². The van der Waals surface area contributed by atoms with E-state index in [2.05, 4.69) is 26.8 Å². The van der Waals surface area contributed by atoms with Crippen molar-refractivity contribution in [2.45, 2.75) is 46.5 Å². The highest BCUT2D eigenvalue weighted by Gasteiger charge is 2.64. The molecule has 0 radical (unpaired) electrons. The largest absolute Gasteiger partial charge is 0.384 e. The molecule has 0 aliphatic heterocycles. The molecule has 0 aromatic carbocycles. The van der Waals surface area contributed by atoms with E-state index in [1.165, 1.54) is 25.7 Å². The predicted octanol–water partition coefficient (Wildman–Crippen LogP) is 4.04. The number of hydrogen-bond donors (Lipinski definition) is 0. The molecule has 0 amide bonds. The van der Waals surface area contributed by atoms with Crippen LogP contribution in [0, 0.1) is 28.6 Å². The maximum Gasteiger partial charge on any atom is 0.0524 e. The summed E-state index contributed by atoms with van der Waals surface area (Å²) in [6.45, 7) is 8.28. The molecule has 0 N–H and O–H groups in total. The van der Waals surface area contributed by atoms with Crippen molar-refractivity contribution in [2.75, 3.05) is 13.7 Å². The van der Waals surface area contributed by atoms with Gasteiger partial charge in [-0.15, -0.1) is 0 Å². The summed E-state index contributed by atoms with van der Waals surface area (Å²) >= 11 is 0. The van der Waals surface area contributed by atoms with E-state index in [4.69, 9.17) is 4.74 Å². The Balaban J connectivity index is 2.05. The van der Waals surface area contributed by atoms with Gasteiger partial charge in [0.25, 0.3) is 0 Å². The van der Waals surface area contributed by atoms with Gasteiger partial charge in [-0.1, -0.05) is 25.5 Å². The molecule has 3 aliphatic carbocycles. The van der Waals surface area contributed by atoms with Crippen LogP contribution in [0.25, 0.3) is 0 Å². The van der Waals surface area contributed by atoms with E-state index in [1.807, 2.05) is 7.11 Å². The minimum absolute atomic E-state index is 0.399. The van der Waals surface area contributed by atoms with Crippen LogP contribution in [0.2, 0.25) is 0 Å². The van der Waals surface area contributed by atoms with Gasteiger partial charge in [0.15, 0.2) is 0 Å². The lowest BCUT2D eigenvalue weighted by Crippen LogP contribution is -2.35. The van der Waals surface area contributed by atoms with Crippen LogP contribution >= 0.6 is 0 Å². The van der Waals surface area contributed by atoms with Crippen LogP contribution in [0.3, 0.4) is 0 Å². The number of ether oxygens (including phenoxy) is 1. The van der Waals surface area contributed by atoms with E-state index in [0.29, 0.717) is 10.8 Å². The lowest BCUT2D eigenvalue weighted by molar-refractivity contribution is 0.0251. The number of fused-ring (bicyclic) bond motifs is 1. The van der Waals surface area contributed by atoms with Gasteiger partial charge in [0.05, 0.1) is 6.61 Å². The van der Waals surface area contributed by atoms with Gasteiger partial charge in [-0.25, -0.2) is 0 Å². The average molecular weight is 234 g/mol. The van der Waals surface area contributed by atoms with Crippen molar-refractivity contribution in [3.05, 3.63) is 11.6 Å². The molecule has 1 heteroatoms. The summed E-state index contributed by atoms with van der Waals surface area (Å²) in [5, 5.41) is 0. The molecular weight excluding hydrogens is 208 g/mol. The molecule has 96 valence electrons. The van der Waals surface area contributed by atoms with E-state index >= 15 is 0 Å². The number of rotatable bonds is 2. The van der Waals surface area contributed by atoms with Gasteiger partial charge in [-0.3, -0.25) is 0 Å². The Morgan fingerprint density at radius 3 is 2.88 bits per heavy atom.